The molecule has 2 nitrogen and oxygen atoms in total. The summed E-state index contributed by atoms with van der Waals surface area (Å²) < 4.78 is 12.5. The predicted octanol–water partition coefficient (Wildman–Crippen LogP) is 4.67. The zero-order valence-electron chi connectivity index (χ0n) is 14.1. The maximum atomic E-state index is 6.27. The van der Waals surface area contributed by atoms with Crippen LogP contribution in [0, 0.1) is 0 Å². The van der Waals surface area contributed by atoms with Crippen molar-refractivity contribution in [1.29, 1.82) is 0 Å². The molecule has 0 aliphatic heterocycles. The normalized spacial score (nSPS) is 20.8. The van der Waals surface area contributed by atoms with Crippen molar-refractivity contribution >= 4 is 8.80 Å². The predicted molar refractivity (Wildman–Crippen MR) is 85.3 cm³/mol. The first kappa shape index (κ1) is 17.2. The van der Waals surface area contributed by atoms with E-state index in [0.29, 0.717) is 0 Å². The first-order chi connectivity index (χ1) is 8.58. The molecule has 1 unspecified atom stereocenters. The van der Waals surface area contributed by atoms with Gasteiger partial charge in [-0.1, -0.05) is 38.7 Å². The minimum Gasteiger partial charge on any atom is -0.351 e. The Morgan fingerprint density at radius 1 is 0.842 bits per heavy atom. The lowest BCUT2D eigenvalue weighted by Gasteiger charge is -2.39. The van der Waals surface area contributed by atoms with Crippen molar-refractivity contribution in [2.75, 3.05) is 0 Å². The minimum atomic E-state index is -1.04. The Balaban J connectivity index is 2.70. The Kier molecular flexibility index (Phi) is 6.09. The van der Waals surface area contributed by atoms with Gasteiger partial charge in [-0.05, 0) is 47.1 Å². The molecule has 0 heterocycles. The van der Waals surface area contributed by atoms with Crippen molar-refractivity contribution in [3.63, 3.8) is 0 Å². The molecule has 114 valence electrons. The fourth-order valence-electron chi connectivity index (χ4n) is 2.82. The van der Waals surface area contributed by atoms with Gasteiger partial charge >= 0.3 is 0 Å². The van der Waals surface area contributed by atoms with Gasteiger partial charge in [-0.15, -0.1) is 0 Å². The van der Waals surface area contributed by atoms with Crippen molar-refractivity contribution < 1.29 is 9.47 Å². The second kappa shape index (κ2) is 6.73. The summed E-state index contributed by atoms with van der Waals surface area (Å²) >= 11 is 0. The molecule has 1 aliphatic rings. The van der Waals surface area contributed by atoms with Gasteiger partial charge in [-0.3, -0.25) is 0 Å². The summed E-state index contributed by atoms with van der Waals surface area (Å²) in [6.45, 7) is 15.2. The zero-order chi connectivity index (χ0) is 14.7. The molecular weight excluding hydrogens is 252 g/mol. The Morgan fingerprint density at radius 2 is 1.26 bits per heavy atom. The molecule has 0 saturated heterocycles. The van der Waals surface area contributed by atoms with Crippen LogP contribution in [0.4, 0.5) is 0 Å². The van der Waals surface area contributed by atoms with Crippen LogP contribution in [-0.2, 0) is 9.47 Å². The highest BCUT2D eigenvalue weighted by atomic mass is 28.3. The lowest BCUT2D eigenvalue weighted by atomic mass is 10.0. The standard InChI is InChI=1S/C16H34O2Si/c1-15(2,3)17-14(18-16(4,5)6)19(7)13-11-9-8-10-12-13/h13-14,19H,8-12H2,1-7H3. The maximum absolute atomic E-state index is 6.27. The van der Waals surface area contributed by atoms with E-state index in [2.05, 4.69) is 48.1 Å². The Bertz CT molecular complexity index is 243. The van der Waals surface area contributed by atoms with Gasteiger partial charge in [0, 0.05) is 0 Å². The average Bonchev–Trinajstić information content (AvgIpc) is 2.24. The topological polar surface area (TPSA) is 18.5 Å². The van der Waals surface area contributed by atoms with Gasteiger partial charge in [0.05, 0.1) is 11.2 Å². The molecule has 0 amide bonds. The zero-order valence-corrected chi connectivity index (χ0v) is 15.2. The van der Waals surface area contributed by atoms with E-state index in [9.17, 15) is 0 Å². The van der Waals surface area contributed by atoms with Gasteiger partial charge in [-0.2, -0.15) is 0 Å². The molecule has 0 N–H and O–H groups in total. The van der Waals surface area contributed by atoms with E-state index in [1.165, 1.54) is 32.1 Å². The van der Waals surface area contributed by atoms with E-state index in [-0.39, 0.29) is 17.1 Å². The third-order valence-corrected chi connectivity index (χ3v) is 7.05. The Labute approximate surface area is 121 Å². The van der Waals surface area contributed by atoms with Gasteiger partial charge in [0.1, 0.15) is 14.7 Å². The largest absolute Gasteiger partial charge is 0.351 e. The van der Waals surface area contributed by atoms with Crippen LogP contribution in [0.2, 0.25) is 12.1 Å². The van der Waals surface area contributed by atoms with E-state index in [1.54, 1.807) is 0 Å². The quantitative estimate of drug-likeness (QED) is 0.552. The van der Waals surface area contributed by atoms with E-state index in [0.717, 1.165) is 5.54 Å². The van der Waals surface area contributed by atoms with Gasteiger partial charge in [0.15, 0.2) is 0 Å². The second-order valence-electron chi connectivity index (χ2n) is 8.09. The Hall–Kier alpha value is 0.137. The van der Waals surface area contributed by atoms with Gasteiger partial charge in [0.2, 0.25) is 0 Å². The molecular formula is C16H34O2Si. The third kappa shape index (κ3) is 6.91. The van der Waals surface area contributed by atoms with Crippen molar-refractivity contribution in [2.45, 2.75) is 103 Å². The second-order valence-corrected chi connectivity index (χ2v) is 11.3. The number of rotatable bonds is 4. The first-order valence-electron chi connectivity index (χ1n) is 7.94. The summed E-state index contributed by atoms with van der Waals surface area (Å²) in [5, 5.41) is 0. The third-order valence-electron chi connectivity index (χ3n) is 3.76. The average molecular weight is 287 g/mol. The van der Waals surface area contributed by atoms with Crippen LogP contribution in [0.5, 0.6) is 0 Å². The summed E-state index contributed by atoms with van der Waals surface area (Å²) in [6, 6.07) is 0. The first-order valence-corrected chi connectivity index (χ1v) is 10.4. The molecule has 0 bridgehead atoms. The Morgan fingerprint density at radius 3 is 1.63 bits per heavy atom. The van der Waals surface area contributed by atoms with E-state index >= 15 is 0 Å². The van der Waals surface area contributed by atoms with Gasteiger partial charge in [0.25, 0.3) is 0 Å². The maximum Gasteiger partial charge on any atom is 0.139 e. The molecule has 1 fully saturated rings. The summed E-state index contributed by atoms with van der Waals surface area (Å²) in [5.74, 6) is 0.0445. The van der Waals surface area contributed by atoms with Crippen LogP contribution >= 0.6 is 0 Å². The number of hydrogen-bond acceptors (Lipinski definition) is 2. The van der Waals surface area contributed by atoms with Crippen LogP contribution in [0.3, 0.4) is 0 Å². The highest BCUT2D eigenvalue weighted by Crippen LogP contribution is 2.34. The SMILES string of the molecule is C[SiH](C1CCCCC1)C(OC(C)(C)C)OC(C)(C)C. The molecule has 0 aromatic carbocycles. The molecule has 0 spiro atoms. The fraction of sp³-hybridized carbons (Fsp3) is 1.00. The molecule has 1 rings (SSSR count). The lowest BCUT2D eigenvalue weighted by Crippen LogP contribution is -2.46. The van der Waals surface area contributed by atoms with Crippen molar-refractivity contribution in [1.82, 2.24) is 0 Å². The van der Waals surface area contributed by atoms with Gasteiger partial charge < -0.3 is 9.47 Å². The molecule has 0 aromatic heterocycles. The highest BCUT2D eigenvalue weighted by molar-refractivity contribution is 6.60. The number of hydrogen-bond donors (Lipinski definition) is 0. The highest BCUT2D eigenvalue weighted by Gasteiger charge is 2.34. The summed E-state index contributed by atoms with van der Waals surface area (Å²) in [6.07, 6.45) is 7.01. The van der Waals surface area contributed by atoms with Gasteiger partial charge in [-0.25, -0.2) is 0 Å². The smallest absolute Gasteiger partial charge is 0.139 e. The monoisotopic (exact) mass is 286 g/mol. The van der Waals surface area contributed by atoms with Crippen LogP contribution in [0.25, 0.3) is 0 Å². The van der Waals surface area contributed by atoms with Crippen LogP contribution in [0.15, 0.2) is 0 Å². The van der Waals surface area contributed by atoms with E-state index < -0.39 is 8.80 Å². The molecule has 3 heteroatoms. The van der Waals surface area contributed by atoms with Crippen molar-refractivity contribution in [2.24, 2.45) is 0 Å². The lowest BCUT2D eigenvalue weighted by molar-refractivity contribution is -0.196. The summed E-state index contributed by atoms with van der Waals surface area (Å²) in [7, 11) is -1.04. The van der Waals surface area contributed by atoms with E-state index in [1.807, 2.05) is 0 Å². The molecule has 1 aliphatic carbocycles. The molecule has 1 saturated carbocycles. The molecule has 19 heavy (non-hydrogen) atoms. The molecule has 1 atom stereocenters. The summed E-state index contributed by atoms with van der Waals surface area (Å²) in [4.78, 5) is 0. The van der Waals surface area contributed by atoms with E-state index in [4.69, 9.17) is 9.47 Å². The van der Waals surface area contributed by atoms with Crippen LogP contribution in [-0.4, -0.2) is 25.9 Å². The summed E-state index contributed by atoms with van der Waals surface area (Å²) in [5.41, 5.74) is 0.654. The van der Waals surface area contributed by atoms with Crippen LogP contribution < -0.4 is 0 Å². The molecule has 0 radical (unpaired) electrons. The van der Waals surface area contributed by atoms with Crippen molar-refractivity contribution in [3.05, 3.63) is 0 Å². The van der Waals surface area contributed by atoms with Crippen LogP contribution in [0.1, 0.15) is 73.6 Å². The minimum absolute atomic E-state index is 0.0445. The number of ether oxygens (including phenoxy) is 2. The molecule has 0 aromatic rings. The van der Waals surface area contributed by atoms with Crippen molar-refractivity contribution in [3.8, 4) is 0 Å². The fourth-order valence-corrected chi connectivity index (χ4v) is 6.03.